The van der Waals surface area contributed by atoms with Crippen LogP contribution >= 0.6 is 0 Å². The van der Waals surface area contributed by atoms with Gasteiger partial charge in [-0.3, -0.25) is 9.59 Å². The topological polar surface area (TPSA) is 231 Å². The molecule has 0 aromatic carbocycles. The van der Waals surface area contributed by atoms with Crippen LogP contribution in [0.5, 0.6) is 0 Å². The van der Waals surface area contributed by atoms with Gasteiger partial charge in [0, 0.05) is 12.8 Å². The first kappa shape index (κ1) is 62.1. The zero-order chi connectivity index (χ0) is 49.6. The Bertz CT molecular complexity index is 1280. The minimum Gasteiger partial charge on any atom is -0.462 e. The second kappa shape index (κ2) is 40.6. The number of allylic oxidation sites excluding steroid dienone is 4. The molecular weight excluding hydrogens is 877 g/mol. The van der Waals surface area contributed by atoms with E-state index in [0.717, 1.165) is 32.1 Å². The third-order valence-electron chi connectivity index (χ3n) is 12.9. The molecule has 0 aromatic heterocycles. The van der Waals surface area contributed by atoms with E-state index in [2.05, 4.69) is 38.2 Å². The fourth-order valence-electron chi connectivity index (χ4n) is 8.49. The normalized spacial score (nSPS) is 25.9. The number of esters is 2. The second-order valence-corrected chi connectivity index (χ2v) is 19.1. The van der Waals surface area contributed by atoms with Crippen molar-refractivity contribution in [2.75, 3.05) is 26.4 Å². The molecule has 398 valence electrons. The molecule has 0 bridgehead atoms. The first-order valence-electron chi connectivity index (χ1n) is 26.9. The van der Waals surface area contributed by atoms with Crippen molar-refractivity contribution in [3.63, 3.8) is 0 Å². The van der Waals surface area contributed by atoms with Crippen molar-refractivity contribution < 1.29 is 73.8 Å². The van der Waals surface area contributed by atoms with Crippen LogP contribution in [0, 0.1) is 0 Å². The van der Waals surface area contributed by atoms with Crippen molar-refractivity contribution in [3.05, 3.63) is 24.3 Å². The monoisotopic (exact) mass is 973 g/mol. The predicted molar refractivity (Wildman–Crippen MR) is 261 cm³/mol. The summed E-state index contributed by atoms with van der Waals surface area (Å²) in [7, 11) is 0. The SMILES string of the molecule is CCCCCCCCCCC/C=C/C/C=C/CCCC(=O)OC[C@@H](CO[C@@H]1O[C@H](CO[C@@H]2O[C@H](CO)[C@H](O)C(O)C2O)[C@H](O)C(O)C1O)OC(=O)CCCCCCCCCCCCCCCCC. The van der Waals surface area contributed by atoms with Crippen molar-refractivity contribution in [2.45, 2.75) is 274 Å². The van der Waals surface area contributed by atoms with Crippen LogP contribution in [-0.2, 0) is 38.0 Å². The lowest BCUT2D eigenvalue weighted by Crippen LogP contribution is -2.61. The third-order valence-corrected chi connectivity index (χ3v) is 12.9. The maximum Gasteiger partial charge on any atom is 0.306 e. The Hall–Kier alpha value is -2.02. The summed E-state index contributed by atoms with van der Waals surface area (Å²) >= 11 is 0. The van der Waals surface area contributed by atoms with Gasteiger partial charge in [0.2, 0.25) is 0 Å². The Morgan fingerprint density at radius 3 is 1.41 bits per heavy atom. The van der Waals surface area contributed by atoms with Gasteiger partial charge in [0.15, 0.2) is 18.7 Å². The van der Waals surface area contributed by atoms with E-state index in [0.29, 0.717) is 19.3 Å². The van der Waals surface area contributed by atoms with Crippen LogP contribution in [0.15, 0.2) is 24.3 Å². The number of hydrogen-bond donors (Lipinski definition) is 7. The van der Waals surface area contributed by atoms with Gasteiger partial charge in [0.25, 0.3) is 0 Å². The van der Waals surface area contributed by atoms with Crippen LogP contribution in [-0.4, -0.2) is 142 Å². The van der Waals surface area contributed by atoms with E-state index in [1.165, 1.54) is 128 Å². The van der Waals surface area contributed by atoms with Crippen LogP contribution in [0.2, 0.25) is 0 Å². The molecule has 7 N–H and O–H groups in total. The summed E-state index contributed by atoms with van der Waals surface area (Å²) in [6.45, 7) is 2.57. The molecule has 4 unspecified atom stereocenters. The minimum atomic E-state index is -1.77. The zero-order valence-corrected chi connectivity index (χ0v) is 42.1. The molecule has 2 aliphatic rings. The molecule has 0 aliphatic carbocycles. The van der Waals surface area contributed by atoms with Gasteiger partial charge in [-0.25, -0.2) is 0 Å². The quantitative estimate of drug-likeness (QED) is 0.0175. The highest BCUT2D eigenvalue weighted by Crippen LogP contribution is 2.26. The van der Waals surface area contributed by atoms with Gasteiger partial charge in [0.05, 0.1) is 19.8 Å². The van der Waals surface area contributed by atoms with Gasteiger partial charge >= 0.3 is 11.9 Å². The number of aliphatic hydroxyl groups excluding tert-OH is 7. The molecule has 0 saturated carbocycles. The predicted octanol–water partition coefficient (Wildman–Crippen LogP) is 7.94. The van der Waals surface area contributed by atoms with Gasteiger partial charge in [-0.15, -0.1) is 0 Å². The average molecular weight is 973 g/mol. The average Bonchev–Trinajstić information content (AvgIpc) is 3.33. The number of rotatable bonds is 42. The number of aliphatic hydroxyl groups is 7. The molecule has 15 nitrogen and oxygen atoms in total. The van der Waals surface area contributed by atoms with Crippen molar-refractivity contribution in [1.29, 1.82) is 0 Å². The maximum atomic E-state index is 13.0. The second-order valence-electron chi connectivity index (χ2n) is 19.1. The first-order valence-corrected chi connectivity index (χ1v) is 26.9. The van der Waals surface area contributed by atoms with E-state index in [4.69, 9.17) is 28.4 Å². The zero-order valence-electron chi connectivity index (χ0n) is 42.1. The fourth-order valence-corrected chi connectivity index (χ4v) is 8.49. The fraction of sp³-hybridized carbons (Fsp3) is 0.887. The number of ether oxygens (including phenoxy) is 6. The van der Waals surface area contributed by atoms with Crippen LogP contribution in [0.1, 0.15) is 206 Å². The highest BCUT2D eigenvalue weighted by atomic mass is 16.7. The summed E-state index contributed by atoms with van der Waals surface area (Å²) in [5.74, 6) is -0.969. The van der Waals surface area contributed by atoms with Crippen molar-refractivity contribution in [3.8, 4) is 0 Å². The van der Waals surface area contributed by atoms with Crippen molar-refractivity contribution >= 4 is 11.9 Å². The lowest BCUT2D eigenvalue weighted by atomic mass is 9.98. The van der Waals surface area contributed by atoms with Crippen molar-refractivity contribution in [1.82, 2.24) is 0 Å². The number of carbonyl (C=O) groups excluding carboxylic acids is 2. The molecule has 15 heteroatoms. The van der Waals surface area contributed by atoms with Crippen molar-refractivity contribution in [2.24, 2.45) is 0 Å². The van der Waals surface area contributed by atoms with Gasteiger partial charge in [-0.05, 0) is 38.5 Å². The summed E-state index contributed by atoms with van der Waals surface area (Å²) in [5.41, 5.74) is 0. The highest BCUT2D eigenvalue weighted by molar-refractivity contribution is 5.70. The Morgan fingerprint density at radius 1 is 0.471 bits per heavy atom. The number of hydrogen-bond acceptors (Lipinski definition) is 15. The molecule has 2 aliphatic heterocycles. The van der Waals surface area contributed by atoms with E-state index in [9.17, 15) is 45.3 Å². The molecule has 2 heterocycles. The lowest BCUT2D eigenvalue weighted by molar-refractivity contribution is -0.332. The molecule has 11 atom stereocenters. The molecule has 0 aromatic rings. The first-order chi connectivity index (χ1) is 33.0. The Labute approximate surface area is 409 Å². The van der Waals surface area contributed by atoms with E-state index < -0.39 is 99.3 Å². The maximum absolute atomic E-state index is 13.0. The van der Waals surface area contributed by atoms with Gasteiger partial charge in [-0.2, -0.15) is 0 Å². The number of carbonyl (C=O) groups is 2. The van der Waals surface area contributed by atoms with E-state index in [1.807, 2.05) is 0 Å². The van der Waals surface area contributed by atoms with E-state index in [1.54, 1.807) is 0 Å². The van der Waals surface area contributed by atoms with Crippen LogP contribution in [0.4, 0.5) is 0 Å². The summed E-state index contributed by atoms with van der Waals surface area (Å²) in [4.78, 5) is 25.8. The smallest absolute Gasteiger partial charge is 0.306 e. The minimum absolute atomic E-state index is 0.157. The van der Waals surface area contributed by atoms with Gasteiger partial charge < -0.3 is 64.2 Å². The summed E-state index contributed by atoms with van der Waals surface area (Å²) in [6.07, 6.45) is 25.0. The Kier molecular flexibility index (Phi) is 37.0. The molecule has 2 fully saturated rings. The molecule has 2 saturated heterocycles. The molecule has 2 rings (SSSR count). The molecular formula is C53H96O15. The third kappa shape index (κ3) is 28.1. The van der Waals surface area contributed by atoms with E-state index in [-0.39, 0.29) is 19.4 Å². The summed E-state index contributed by atoms with van der Waals surface area (Å²) in [6, 6.07) is 0. The summed E-state index contributed by atoms with van der Waals surface area (Å²) in [5, 5.41) is 72.1. The molecule has 0 radical (unpaired) electrons. The van der Waals surface area contributed by atoms with Crippen LogP contribution < -0.4 is 0 Å². The largest absolute Gasteiger partial charge is 0.462 e. The Balaban J connectivity index is 1.81. The molecule has 0 amide bonds. The highest BCUT2D eigenvalue weighted by Gasteiger charge is 2.47. The molecule has 68 heavy (non-hydrogen) atoms. The molecule has 0 spiro atoms. The van der Waals surface area contributed by atoms with Gasteiger partial charge in [-0.1, -0.05) is 179 Å². The van der Waals surface area contributed by atoms with Crippen LogP contribution in [0.3, 0.4) is 0 Å². The van der Waals surface area contributed by atoms with E-state index >= 15 is 0 Å². The number of unbranched alkanes of at least 4 members (excludes halogenated alkanes) is 24. The van der Waals surface area contributed by atoms with Gasteiger partial charge in [0.1, 0.15) is 55.4 Å². The summed E-state index contributed by atoms with van der Waals surface area (Å²) < 4.78 is 33.6. The standard InChI is InChI=1S/C53H96O15/c1-3-5-7-9-11-13-15-17-19-20-22-23-25-27-29-31-33-35-44(55)63-38-41(66-45(56)36-34-32-30-28-26-24-21-18-16-14-12-10-8-6-4-2)39-64-52-51(62)49(60)47(58)43(68-52)40-65-53-50(61)48(59)46(57)42(37-54)67-53/h22-23,27,29,41-43,46-54,57-62H,3-21,24-26,28,30-40H2,1-2H3/b23-22+,29-27+/t41-,42+,43+,46-,47-,48?,49?,50?,51?,52+,53+/m0/s1. The van der Waals surface area contributed by atoms with Crippen LogP contribution in [0.25, 0.3) is 0 Å². The lowest BCUT2D eigenvalue weighted by Gasteiger charge is -2.42. The Morgan fingerprint density at radius 2 is 0.897 bits per heavy atom.